The summed E-state index contributed by atoms with van der Waals surface area (Å²) in [5.41, 5.74) is 0. The van der Waals surface area contributed by atoms with Crippen molar-refractivity contribution in [1.29, 1.82) is 0 Å². The first-order valence-electron chi connectivity index (χ1n) is 6.86. The molecule has 0 aromatic carbocycles. The fraction of sp³-hybridized carbons (Fsp3) is 0.846. The van der Waals surface area contributed by atoms with Crippen molar-refractivity contribution in [2.45, 2.75) is 44.6 Å². The Morgan fingerprint density at radius 2 is 1.94 bits per heavy atom. The Kier molecular flexibility index (Phi) is 4.55. The molecule has 1 aliphatic carbocycles. The lowest BCUT2D eigenvalue weighted by molar-refractivity contribution is -0.146. The molecule has 102 valence electrons. The van der Waals surface area contributed by atoms with E-state index in [4.69, 9.17) is 0 Å². The summed E-state index contributed by atoms with van der Waals surface area (Å²) in [6, 6.07) is -0.369. The molecule has 1 heterocycles. The molecule has 1 unspecified atom stereocenters. The van der Waals surface area contributed by atoms with Gasteiger partial charge in [0.1, 0.15) is 6.04 Å². The van der Waals surface area contributed by atoms with Crippen molar-refractivity contribution >= 4 is 11.8 Å². The van der Waals surface area contributed by atoms with Crippen molar-refractivity contribution in [3.05, 3.63) is 0 Å². The Hall–Kier alpha value is -1.13. The molecule has 0 spiro atoms. The van der Waals surface area contributed by atoms with Crippen LogP contribution in [0.2, 0.25) is 0 Å². The van der Waals surface area contributed by atoms with Crippen LogP contribution in [0.3, 0.4) is 0 Å². The quantitative estimate of drug-likeness (QED) is 0.823. The molecule has 5 heteroatoms. The highest BCUT2D eigenvalue weighted by Gasteiger charge is 2.37. The lowest BCUT2D eigenvalue weighted by atomic mass is 9.82. The van der Waals surface area contributed by atoms with Crippen LogP contribution in [0, 0.1) is 5.92 Å². The Morgan fingerprint density at radius 3 is 2.61 bits per heavy atom. The third-order valence-electron chi connectivity index (χ3n) is 3.91. The summed E-state index contributed by atoms with van der Waals surface area (Å²) in [5.74, 6) is 0.141. The maximum Gasteiger partial charge on any atom is 0.245 e. The zero-order chi connectivity index (χ0) is 13.0. The number of alkyl halides is 1. The van der Waals surface area contributed by atoms with Crippen LogP contribution in [-0.4, -0.2) is 42.5 Å². The van der Waals surface area contributed by atoms with E-state index in [9.17, 15) is 14.0 Å². The molecule has 1 atom stereocenters. The van der Waals surface area contributed by atoms with Crippen molar-refractivity contribution in [2.24, 2.45) is 5.92 Å². The molecule has 2 amide bonds. The zero-order valence-corrected chi connectivity index (χ0v) is 10.7. The van der Waals surface area contributed by atoms with Gasteiger partial charge in [0.25, 0.3) is 0 Å². The second-order valence-electron chi connectivity index (χ2n) is 5.25. The Bertz CT molecular complexity index is 316. The van der Waals surface area contributed by atoms with Crippen LogP contribution in [0.25, 0.3) is 0 Å². The first kappa shape index (κ1) is 13.3. The predicted molar refractivity (Wildman–Crippen MR) is 65.7 cm³/mol. The number of hydrogen-bond donors (Lipinski definition) is 1. The highest BCUT2D eigenvalue weighted by molar-refractivity contribution is 5.95. The van der Waals surface area contributed by atoms with Crippen LogP contribution in [0.1, 0.15) is 38.5 Å². The molecule has 0 bridgehead atoms. The van der Waals surface area contributed by atoms with Gasteiger partial charge in [0.15, 0.2) is 0 Å². The molecular weight excluding hydrogens is 235 g/mol. The molecule has 18 heavy (non-hydrogen) atoms. The van der Waals surface area contributed by atoms with Gasteiger partial charge in [-0.3, -0.25) is 14.0 Å². The van der Waals surface area contributed by atoms with E-state index in [0.717, 1.165) is 25.7 Å². The molecule has 1 saturated heterocycles. The maximum atomic E-state index is 12.3. The van der Waals surface area contributed by atoms with Crippen LogP contribution < -0.4 is 5.32 Å². The lowest BCUT2D eigenvalue weighted by Gasteiger charge is -2.37. The Balaban J connectivity index is 1.99. The number of carbonyl (C=O) groups is 2. The van der Waals surface area contributed by atoms with Gasteiger partial charge in [0.05, 0.1) is 13.2 Å². The first-order valence-corrected chi connectivity index (χ1v) is 6.86. The van der Waals surface area contributed by atoms with Gasteiger partial charge in [0, 0.05) is 6.54 Å². The molecular formula is C13H21FN2O2. The van der Waals surface area contributed by atoms with Crippen LogP contribution in [0.5, 0.6) is 0 Å². The smallest absolute Gasteiger partial charge is 0.245 e. The second-order valence-corrected chi connectivity index (χ2v) is 5.25. The normalized spacial score (nSPS) is 26.3. The molecule has 1 saturated carbocycles. The number of piperazine rings is 1. The van der Waals surface area contributed by atoms with Gasteiger partial charge in [0.2, 0.25) is 11.8 Å². The molecule has 1 N–H and O–H groups in total. The van der Waals surface area contributed by atoms with Gasteiger partial charge in [-0.1, -0.05) is 19.3 Å². The summed E-state index contributed by atoms with van der Waals surface area (Å²) in [5, 5.41) is 2.82. The van der Waals surface area contributed by atoms with Gasteiger partial charge in [-0.15, -0.1) is 0 Å². The highest BCUT2D eigenvalue weighted by atomic mass is 19.1. The van der Waals surface area contributed by atoms with Crippen molar-refractivity contribution in [3.8, 4) is 0 Å². The molecule has 0 radical (unpaired) electrons. The first-order chi connectivity index (χ1) is 8.72. The predicted octanol–water partition coefficient (Wildman–Crippen LogP) is 1.25. The van der Waals surface area contributed by atoms with Gasteiger partial charge in [-0.25, -0.2) is 0 Å². The van der Waals surface area contributed by atoms with Crippen LogP contribution in [0.4, 0.5) is 4.39 Å². The van der Waals surface area contributed by atoms with Gasteiger partial charge >= 0.3 is 0 Å². The number of amides is 2. The van der Waals surface area contributed by atoms with Crippen LogP contribution >= 0.6 is 0 Å². The largest absolute Gasteiger partial charge is 0.342 e. The van der Waals surface area contributed by atoms with Gasteiger partial charge in [-0.2, -0.15) is 0 Å². The third kappa shape index (κ3) is 3.00. The molecule has 0 aromatic rings. The second kappa shape index (κ2) is 6.16. The molecule has 0 aromatic heterocycles. The number of hydrogen-bond acceptors (Lipinski definition) is 2. The minimum absolute atomic E-state index is 0.0186. The summed E-state index contributed by atoms with van der Waals surface area (Å²) in [6.07, 6.45) is 5.82. The van der Waals surface area contributed by atoms with Crippen molar-refractivity contribution in [2.75, 3.05) is 19.8 Å². The van der Waals surface area contributed by atoms with Crippen molar-refractivity contribution < 1.29 is 14.0 Å². The number of nitrogens with zero attached hydrogens (tertiary/aromatic N) is 1. The number of rotatable bonds is 4. The van der Waals surface area contributed by atoms with Crippen molar-refractivity contribution in [3.63, 3.8) is 0 Å². The summed E-state index contributed by atoms with van der Waals surface area (Å²) in [4.78, 5) is 25.4. The fourth-order valence-corrected chi connectivity index (χ4v) is 2.96. The van der Waals surface area contributed by atoms with E-state index in [2.05, 4.69) is 5.32 Å². The summed E-state index contributed by atoms with van der Waals surface area (Å²) in [6.45, 7) is -0.00643. The van der Waals surface area contributed by atoms with E-state index < -0.39 is 6.67 Å². The SMILES string of the molecule is O=C1CN(CCCF)C(=O)C(C2CCCCC2)N1. The summed E-state index contributed by atoms with van der Waals surface area (Å²) in [7, 11) is 0. The number of nitrogens with one attached hydrogen (secondary N) is 1. The average Bonchev–Trinajstić information content (AvgIpc) is 2.40. The van der Waals surface area contributed by atoms with E-state index >= 15 is 0 Å². The van der Waals surface area contributed by atoms with Crippen molar-refractivity contribution in [1.82, 2.24) is 10.2 Å². The number of carbonyl (C=O) groups excluding carboxylic acids is 2. The minimum atomic E-state index is -0.445. The van der Waals surface area contributed by atoms with E-state index in [1.165, 1.54) is 11.3 Å². The zero-order valence-electron chi connectivity index (χ0n) is 10.7. The number of halogens is 1. The molecule has 2 rings (SSSR count). The summed E-state index contributed by atoms with van der Waals surface area (Å²) < 4.78 is 12.2. The molecule has 2 aliphatic rings. The highest BCUT2D eigenvalue weighted by Crippen LogP contribution is 2.28. The van der Waals surface area contributed by atoms with E-state index in [-0.39, 0.29) is 30.3 Å². The minimum Gasteiger partial charge on any atom is -0.342 e. The third-order valence-corrected chi connectivity index (χ3v) is 3.91. The van der Waals surface area contributed by atoms with Crippen LogP contribution in [0.15, 0.2) is 0 Å². The van der Waals surface area contributed by atoms with Gasteiger partial charge in [-0.05, 0) is 25.2 Å². The molecule has 2 fully saturated rings. The van der Waals surface area contributed by atoms with E-state index in [1.807, 2.05) is 0 Å². The van der Waals surface area contributed by atoms with Gasteiger partial charge < -0.3 is 10.2 Å². The molecule has 1 aliphatic heterocycles. The van der Waals surface area contributed by atoms with E-state index in [1.54, 1.807) is 0 Å². The fourth-order valence-electron chi connectivity index (χ4n) is 2.96. The average molecular weight is 256 g/mol. The standard InChI is InChI=1S/C13H21FN2O2/c14-7-4-8-16-9-11(17)15-12(13(16)18)10-5-2-1-3-6-10/h10,12H,1-9H2,(H,15,17). The summed E-state index contributed by atoms with van der Waals surface area (Å²) >= 11 is 0. The lowest BCUT2D eigenvalue weighted by Crippen LogP contribution is -2.60. The molecule has 4 nitrogen and oxygen atoms in total. The topological polar surface area (TPSA) is 49.4 Å². The Labute approximate surface area is 107 Å². The monoisotopic (exact) mass is 256 g/mol. The maximum absolute atomic E-state index is 12.3. The Morgan fingerprint density at radius 1 is 1.22 bits per heavy atom. The van der Waals surface area contributed by atoms with Crippen LogP contribution in [-0.2, 0) is 9.59 Å². The van der Waals surface area contributed by atoms with E-state index in [0.29, 0.717) is 13.0 Å².